The highest BCUT2D eigenvalue weighted by Gasteiger charge is 2.43. The van der Waals surface area contributed by atoms with Gasteiger partial charge in [0.2, 0.25) is 0 Å². The van der Waals surface area contributed by atoms with Gasteiger partial charge >= 0.3 is 5.51 Å². The van der Waals surface area contributed by atoms with Gasteiger partial charge < -0.3 is 10.1 Å². The second-order valence-electron chi connectivity index (χ2n) is 4.64. The molecular formula is C12H17F3N2O2S. The van der Waals surface area contributed by atoms with E-state index in [1.54, 1.807) is 0 Å². The zero-order valence-corrected chi connectivity index (χ0v) is 12.2. The van der Waals surface area contributed by atoms with Crippen LogP contribution in [0.15, 0.2) is 23.1 Å². The topological polar surface area (TPSA) is 62.2 Å². The van der Waals surface area contributed by atoms with Crippen LogP contribution in [-0.2, 0) is 9.73 Å². The van der Waals surface area contributed by atoms with Gasteiger partial charge in [0.15, 0.2) is 9.73 Å². The molecule has 8 heteroatoms. The van der Waals surface area contributed by atoms with Crippen LogP contribution in [0.1, 0.15) is 13.8 Å². The first-order chi connectivity index (χ1) is 9.09. The van der Waals surface area contributed by atoms with Crippen LogP contribution in [0, 0.1) is 10.7 Å². The van der Waals surface area contributed by atoms with Gasteiger partial charge in [-0.15, -0.1) is 0 Å². The predicted molar refractivity (Wildman–Crippen MR) is 71.5 cm³/mol. The number of halogens is 3. The van der Waals surface area contributed by atoms with Crippen molar-refractivity contribution in [1.29, 1.82) is 4.78 Å². The number of ether oxygens (including phenoxy) is 1. The minimum atomic E-state index is -5.11. The van der Waals surface area contributed by atoms with E-state index in [4.69, 9.17) is 9.52 Å². The number of methoxy groups -OCH3 is 1. The van der Waals surface area contributed by atoms with Crippen molar-refractivity contribution in [3.05, 3.63) is 18.2 Å². The first kappa shape index (κ1) is 16.6. The van der Waals surface area contributed by atoms with E-state index >= 15 is 0 Å². The van der Waals surface area contributed by atoms with Crippen LogP contribution in [-0.4, -0.2) is 23.4 Å². The minimum Gasteiger partial charge on any atom is -0.495 e. The first-order valence-electron chi connectivity index (χ1n) is 5.86. The van der Waals surface area contributed by atoms with Gasteiger partial charge in [-0.25, -0.2) is 8.99 Å². The van der Waals surface area contributed by atoms with E-state index in [1.807, 2.05) is 13.8 Å². The Bertz CT molecular complexity index is 569. The van der Waals surface area contributed by atoms with Gasteiger partial charge in [0.05, 0.1) is 17.7 Å². The average Bonchev–Trinajstić information content (AvgIpc) is 2.34. The third-order valence-electron chi connectivity index (χ3n) is 2.53. The summed E-state index contributed by atoms with van der Waals surface area (Å²) < 4.78 is 61.3. The summed E-state index contributed by atoms with van der Waals surface area (Å²) in [5.74, 6) is 0.474. The number of alkyl halides is 3. The Morgan fingerprint density at radius 3 is 2.45 bits per heavy atom. The second-order valence-corrected chi connectivity index (χ2v) is 6.69. The van der Waals surface area contributed by atoms with Crippen molar-refractivity contribution in [3.8, 4) is 5.75 Å². The summed E-state index contributed by atoms with van der Waals surface area (Å²) in [4.78, 5) is -0.614. The Morgan fingerprint density at radius 1 is 1.40 bits per heavy atom. The number of benzene rings is 1. The molecule has 0 aromatic heterocycles. The van der Waals surface area contributed by atoms with E-state index in [1.165, 1.54) is 13.2 Å². The van der Waals surface area contributed by atoms with Gasteiger partial charge in [-0.1, -0.05) is 13.8 Å². The van der Waals surface area contributed by atoms with E-state index < -0.39 is 20.1 Å². The summed E-state index contributed by atoms with van der Waals surface area (Å²) >= 11 is 0. The highest BCUT2D eigenvalue weighted by Crippen LogP contribution is 2.35. The lowest BCUT2D eigenvalue weighted by molar-refractivity contribution is -0.0406. The van der Waals surface area contributed by atoms with Gasteiger partial charge in [0.1, 0.15) is 5.75 Å². The Hall–Kier alpha value is -1.44. The molecule has 0 saturated heterocycles. The quantitative estimate of drug-likeness (QED) is 0.872. The molecule has 1 unspecified atom stereocenters. The summed E-state index contributed by atoms with van der Waals surface area (Å²) in [6.07, 6.45) is 0. The summed E-state index contributed by atoms with van der Waals surface area (Å²) in [6, 6.07) is 3.37. The molecule has 0 saturated carbocycles. The molecular weight excluding hydrogens is 293 g/mol. The lowest BCUT2D eigenvalue weighted by Gasteiger charge is -2.16. The minimum absolute atomic E-state index is 0.132. The van der Waals surface area contributed by atoms with E-state index in [-0.39, 0.29) is 5.75 Å². The Morgan fingerprint density at radius 2 is 2.00 bits per heavy atom. The summed E-state index contributed by atoms with van der Waals surface area (Å²) in [7, 11) is -3.56. The molecule has 0 aliphatic carbocycles. The van der Waals surface area contributed by atoms with Crippen molar-refractivity contribution in [2.24, 2.45) is 5.92 Å². The normalized spacial score (nSPS) is 14.9. The molecule has 0 fully saturated rings. The highest BCUT2D eigenvalue weighted by atomic mass is 32.2. The fourth-order valence-electron chi connectivity index (χ4n) is 1.44. The molecule has 0 bridgehead atoms. The Kier molecular flexibility index (Phi) is 4.90. The predicted octanol–water partition coefficient (Wildman–Crippen LogP) is 3.69. The molecule has 0 amide bonds. The van der Waals surface area contributed by atoms with Crippen LogP contribution in [0.3, 0.4) is 0 Å². The van der Waals surface area contributed by atoms with Gasteiger partial charge in [-0.3, -0.25) is 0 Å². The SMILES string of the molecule is COc1cc(S(=N)(=O)C(F)(F)F)ccc1NCC(C)C. The maximum Gasteiger partial charge on any atom is 0.483 e. The van der Waals surface area contributed by atoms with Crippen molar-refractivity contribution >= 4 is 15.4 Å². The molecule has 1 aromatic rings. The Balaban J connectivity index is 3.17. The van der Waals surface area contributed by atoms with Crippen LogP contribution in [0.25, 0.3) is 0 Å². The third-order valence-corrected chi connectivity index (χ3v) is 4.10. The van der Waals surface area contributed by atoms with Crippen LogP contribution in [0.5, 0.6) is 5.75 Å². The number of hydrogen-bond acceptors (Lipinski definition) is 4. The molecule has 114 valence electrons. The lowest BCUT2D eigenvalue weighted by atomic mass is 10.2. The number of nitrogens with one attached hydrogen (secondary N) is 2. The molecule has 2 N–H and O–H groups in total. The third kappa shape index (κ3) is 3.56. The molecule has 1 rings (SSSR count). The summed E-state index contributed by atoms with van der Waals surface area (Å²) in [5.41, 5.74) is -4.60. The molecule has 4 nitrogen and oxygen atoms in total. The molecule has 0 heterocycles. The molecule has 0 spiro atoms. The van der Waals surface area contributed by atoms with Crippen molar-refractivity contribution in [2.75, 3.05) is 19.0 Å². The largest absolute Gasteiger partial charge is 0.495 e. The molecule has 1 atom stereocenters. The van der Waals surface area contributed by atoms with Crippen molar-refractivity contribution in [3.63, 3.8) is 0 Å². The zero-order valence-electron chi connectivity index (χ0n) is 11.4. The second kappa shape index (κ2) is 5.90. The molecule has 1 aromatic carbocycles. The summed E-state index contributed by atoms with van der Waals surface area (Å²) in [5, 5.41) is 3.02. The van der Waals surface area contributed by atoms with E-state index in [0.29, 0.717) is 18.2 Å². The van der Waals surface area contributed by atoms with Crippen LogP contribution < -0.4 is 10.1 Å². The zero-order chi connectivity index (χ0) is 15.6. The lowest BCUT2D eigenvalue weighted by Crippen LogP contribution is -2.22. The van der Waals surface area contributed by atoms with Crippen LogP contribution in [0.4, 0.5) is 18.9 Å². The van der Waals surface area contributed by atoms with Gasteiger partial charge in [0, 0.05) is 6.54 Å². The van der Waals surface area contributed by atoms with Gasteiger partial charge in [0.25, 0.3) is 0 Å². The van der Waals surface area contributed by atoms with Crippen molar-refractivity contribution in [2.45, 2.75) is 24.3 Å². The fourth-order valence-corrected chi connectivity index (χ4v) is 2.24. The fraction of sp³-hybridized carbons (Fsp3) is 0.500. The maximum absolute atomic E-state index is 12.6. The maximum atomic E-state index is 12.6. The average molecular weight is 310 g/mol. The van der Waals surface area contributed by atoms with Crippen molar-refractivity contribution in [1.82, 2.24) is 0 Å². The van der Waals surface area contributed by atoms with E-state index in [2.05, 4.69) is 5.32 Å². The van der Waals surface area contributed by atoms with Crippen LogP contribution in [0.2, 0.25) is 0 Å². The van der Waals surface area contributed by atoms with Gasteiger partial charge in [-0.2, -0.15) is 13.2 Å². The monoisotopic (exact) mass is 310 g/mol. The molecule has 0 aliphatic heterocycles. The standard InChI is InChI=1S/C12H17F3N2O2S/c1-8(2)7-17-10-5-4-9(6-11(10)19-3)20(16,18)12(13,14)15/h4-6,8,16-17H,7H2,1-3H3. The highest BCUT2D eigenvalue weighted by molar-refractivity contribution is 7.93. The number of rotatable bonds is 5. The summed E-state index contributed by atoms with van der Waals surface area (Å²) in [6.45, 7) is 4.58. The number of hydrogen-bond donors (Lipinski definition) is 2. The van der Waals surface area contributed by atoms with Gasteiger partial charge in [-0.05, 0) is 24.1 Å². The smallest absolute Gasteiger partial charge is 0.483 e. The Labute approximate surface area is 116 Å². The molecule has 0 radical (unpaired) electrons. The van der Waals surface area contributed by atoms with E-state index in [0.717, 1.165) is 12.1 Å². The molecule has 20 heavy (non-hydrogen) atoms. The van der Waals surface area contributed by atoms with Crippen molar-refractivity contribution < 1.29 is 22.1 Å². The molecule has 0 aliphatic rings. The van der Waals surface area contributed by atoms with E-state index in [9.17, 15) is 17.4 Å². The number of anilines is 1. The van der Waals surface area contributed by atoms with Crippen LogP contribution >= 0.6 is 0 Å². The first-order valence-corrected chi connectivity index (χ1v) is 7.42.